The van der Waals surface area contributed by atoms with E-state index in [9.17, 15) is 14.0 Å². The highest BCUT2D eigenvalue weighted by molar-refractivity contribution is 5.87. The van der Waals surface area contributed by atoms with Crippen LogP contribution < -0.4 is 5.32 Å². The molecular formula is C24H31FN2O2. The summed E-state index contributed by atoms with van der Waals surface area (Å²) in [5, 5.41) is 2.94. The van der Waals surface area contributed by atoms with E-state index in [1.807, 2.05) is 52.0 Å². The van der Waals surface area contributed by atoms with Gasteiger partial charge in [-0.15, -0.1) is 0 Å². The number of aryl methyl sites for hydroxylation is 2. The molecule has 0 unspecified atom stereocenters. The van der Waals surface area contributed by atoms with Crippen LogP contribution in [-0.4, -0.2) is 28.3 Å². The zero-order chi connectivity index (χ0) is 21.6. The molecule has 0 saturated carbocycles. The predicted octanol–water partition coefficient (Wildman–Crippen LogP) is 4.40. The molecule has 5 heteroatoms. The topological polar surface area (TPSA) is 49.4 Å². The molecular weight excluding hydrogens is 367 g/mol. The van der Waals surface area contributed by atoms with E-state index in [1.54, 1.807) is 24.0 Å². The first-order chi connectivity index (χ1) is 13.5. The molecule has 156 valence electrons. The average molecular weight is 399 g/mol. The lowest BCUT2D eigenvalue weighted by Gasteiger charge is -2.31. The van der Waals surface area contributed by atoms with Gasteiger partial charge in [0.2, 0.25) is 11.8 Å². The van der Waals surface area contributed by atoms with Crippen molar-refractivity contribution in [2.75, 3.05) is 0 Å². The number of amides is 2. The number of rotatable bonds is 7. The van der Waals surface area contributed by atoms with E-state index in [0.717, 1.165) is 11.1 Å². The van der Waals surface area contributed by atoms with Gasteiger partial charge in [0.25, 0.3) is 0 Å². The van der Waals surface area contributed by atoms with Gasteiger partial charge in [-0.1, -0.05) is 42.0 Å². The molecule has 1 N–H and O–H groups in total. The molecule has 0 aromatic heterocycles. The zero-order valence-electron chi connectivity index (χ0n) is 18.0. The lowest BCUT2D eigenvalue weighted by Crippen LogP contribution is -2.52. The van der Waals surface area contributed by atoms with Gasteiger partial charge in [0, 0.05) is 18.5 Å². The molecule has 0 radical (unpaired) electrons. The minimum Gasteiger partial charge on any atom is -0.350 e. The molecule has 0 spiro atoms. The van der Waals surface area contributed by atoms with E-state index in [0.29, 0.717) is 12.8 Å². The first-order valence-corrected chi connectivity index (χ1v) is 9.96. The van der Waals surface area contributed by atoms with Crippen LogP contribution in [0.2, 0.25) is 0 Å². The Morgan fingerprint density at radius 1 is 1.00 bits per heavy atom. The van der Waals surface area contributed by atoms with Crippen molar-refractivity contribution in [2.24, 2.45) is 0 Å². The fourth-order valence-electron chi connectivity index (χ4n) is 2.99. The van der Waals surface area contributed by atoms with Crippen molar-refractivity contribution < 1.29 is 14.0 Å². The van der Waals surface area contributed by atoms with Crippen LogP contribution in [0.5, 0.6) is 0 Å². The van der Waals surface area contributed by atoms with Crippen LogP contribution in [0.1, 0.15) is 50.8 Å². The number of nitrogens with one attached hydrogen (secondary N) is 1. The molecule has 1 atom stereocenters. The van der Waals surface area contributed by atoms with Gasteiger partial charge in [0.15, 0.2) is 0 Å². The van der Waals surface area contributed by atoms with Crippen LogP contribution in [0.15, 0.2) is 48.5 Å². The summed E-state index contributed by atoms with van der Waals surface area (Å²) >= 11 is 0. The summed E-state index contributed by atoms with van der Waals surface area (Å²) in [5.41, 5.74) is 2.64. The third kappa shape index (κ3) is 7.33. The smallest absolute Gasteiger partial charge is 0.242 e. The van der Waals surface area contributed by atoms with Crippen molar-refractivity contribution >= 4 is 11.8 Å². The Morgan fingerprint density at radius 2 is 1.55 bits per heavy atom. The quantitative estimate of drug-likeness (QED) is 0.752. The van der Waals surface area contributed by atoms with Crippen LogP contribution in [0.25, 0.3) is 0 Å². The number of hydrogen-bond acceptors (Lipinski definition) is 2. The summed E-state index contributed by atoms with van der Waals surface area (Å²) in [4.78, 5) is 27.3. The minimum atomic E-state index is -0.634. The van der Waals surface area contributed by atoms with Crippen LogP contribution in [0.4, 0.5) is 4.39 Å². The zero-order valence-corrected chi connectivity index (χ0v) is 18.0. The normalized spacial score (nSPS) is 12.3. The van der Waals surface area contributed by atoms with Gasteiger partial charge in [-0.05, 0) is 64.3 Å². The fourth-order valence-corrected chi connectivity index (χ4v) is 2.99. The number of halogens is 1. The van der Waals surface area contributed by atoms with Gasteiger partial charge >= 0.3 is 0 Å². The maximum Gasteiger partial charge on any atom is 0.242 e. The second-order valence-electron chi connectivity index (χ2n) is 8.55. The molecule has 2 aromatic carbocycles. The van der Waals surface area contributed by atoms with Gasteiger partial charge in [-0.2, -0.15) is 0 Å². The molecule has 0 aliphatic rings. The van der Waals surface area contributed by atoms with Gasteiger partial charge in [0.05, 0.1) is 0 Å². The van der Waals surface area contributed by atoms with E-state index in [2.05, 4.69) is 5.32 Å². The first-order valence-electron chi connectivity index (χ1n) is 9.96. The highest BCUT2D eigenvalue weighted by Crippen LogP contribution is 2.15. The molecule has 0 saturated heterocycles. The second-order valence-corrected chi connectivity index (χ2v) is 8.55. The largest absolute Gasteiger partial charge is 0.350 e. The van der Waals surface area contributed by atoms with Crippen molar-refractivity contribution in [1.82, 2.24) is 10.2 Å². The van der Waals surface area contributed by atoms with Gasteiger partial charge in [-0.3, -0.25) is 9.59 Å². The summed E-state index contributed by atoms with van der Waals surface area (Å²) in [7, 11) is 0. The Balaban J connectivity index is 2.15. The molecule has 2 amide bonds. The van der Waals surface area contributed by atoms with Gasteiger partial charge in [0.1, 0.15) is 11.9 Å². The molecule has 0 bridgehead atoms. The first kappa shape index (κ1) is 22.6. The maximum absolute atomic E-state index is 13.2. The van der Waals surface area contributed by atoms with Crippen molar-refractivity contribution in [3.05, 3.63) is 71.0 Å². The summed E-state index contributed by atoms with van der Waals surface area (Å²) in [6.45, 7) is 9.72. The highest BCUT2D eigenvalue weighted by Gasteiger charge is 2.28. The monoisotopic (exact) mass is 398 g/mol. The fraction of sp³-hybridized carbons (Fsp3) is 0.417. The van der Waals surface area contributed by atoms with Crippen LogP contribution >= 0.6 is 0 Å². The van der Waals surface area contributed by atoms with Crippen molar-refractivity contribution in [2.45, 2.75) is 65.6 Å². The molecule has 0 heterocycles. The Bertz CT molecular complexity index is 823. The lowest BCUT2D eigenvalue weighted by atomic mass is 10.1. The predicted molar refractivity (Wildman–Crippen MR) is 114 cm³/mol. The highest BCUT2D eigenvalue weighted by atomic mass is 19.1. The Hall–Kier alpha value is -2.69. The molecule has 29 heavy (non-hydrogen) atoms. The van der Waals surface area contributed by atoms with Crippen molar-refractivity contribution in [3.63, 3.8) is 0 Å². The summed E-state index contributed by atoms with van der Waals surface area (Å²) in [5.74, 6) is -0.640. The second kappa shape index (κ2) is 9.68. The summed E-state index contributed by atoms with van der Waals surface area (Å²) in [6.07, 6.45) is 0.907. The maximum atomic E-state index is 13.2. The number of benzene rings is 2. The van der Waals surface area contributed by atoms with Crippen LogP contribution in [-0.2, 0) is 22.6 Å². The number of carbonyl (C=O) groups is 2. The molecule has 0 aliphatic heterocycles. The third-order valence-corrected chi connectivity index (χ3v) is 4.68. The van der Waals surface area contributed by atoms with Gasteiger partial charge < -0.3 is 10.2 Å². The molecule has 2 aromatic rings. The number of nitrogens with zero attached hydrogens (tertiary/aromatic N) is 1. The molecule has 2 rings (SSSR count). The molecule has 0 fully saturated rings. The van der Waals surface area contributed by atoms with Gasteiger partial charge in [-0.25, -0.2) is 4.39 Å². The van der Waals surface area contributed by atoms with E-state index < -0.39 is 11.6 Å². The molecule has 0 aliphatic carbocycles. The van der Waals surface area contributed by atoms with Crippen molar-refractivity contribution in [3.8, 4) is 0 Å². The Morgan fingerprint density at radius 3 is 2.10 bits per heavy atom. The van der Waals surface area contributed by atoms with Crippen LogP contribution in [0.3, 0.4) is 0 Å². The van der Waals surface area contributed by atoms with E-state index in [1.165, 1.54) is 17.7 Å². The lowest BCUT2D eigenvalue weighted by molar-refractivity contribution is -0.141. The SMILES string of the molecule is Cc1ccc(CCC(=O)N(Cc2ccc(F)cc2)[C@H](C)C(=O)NC(C)(C)C)cc1. The number of hydrogen-bond donors (Lipinski definition) is 1. The minimum absolute atomic E-state index is 0.105. The Labute approximate surface area is 173 Å². The van der Waals surface area contributed by atoms with E-state index in [-0.39, 0.29) is 24.2 Å². The number of carbonyl (C=O) groups excluding carboxylic acids is 2. The Kier molecular flexibility index (Phi) is 7.54. The van der Waals surface area contributed by atoms with E-state index >= 15 is 0 Å². The van der Waals surface area contributed by atoms with E-state index in [4.69, 9.17) is 0 Å². The third-order valence-electron chi connectivity index (χ3n) is 4.68. The van der Waals surface area contributed by atoms with Crippen molar-refractivity contribution in [1.29, 1.82) is 0 Å². The summed E-state index contributed by atoms with van der Waals surface area (Å²) < 4.78 is 13.2. The average Bonchev–Trinajstić information content (AvgIpc) is 2.65. The van der Waals surface area contributed by atoms with Crippen LogP contribution in [0, 0.1) is 12.7 Å². The summed E-state index contributed by atoms with van der Waals surface area (Å²) in [6, 6.07) is 13.5. The standard InChI is InChI=1S/C24H31FN2O2/c1-17-6-8-19(9-7-17)12-15-22(28)27(16-20-10-13-21(25)14-11-20)18(2)23(29)26-24(3,4)5/h6-11,13-14,18H,12,15-16H2,1-5H3,(H,26,29)/t18-/m1/s1. The molecule has 4 nitrogen and oxygen atoms in total.